The van der Waals surface area contributed by atoms with Crippen LogP contribution in [-0.4, -0.2) is 29.8 Å². The van der Waals surface area contributed by atoms with Gasteiger partial charge in [0.15, 0.2) is 5.78 Å². The van der Waals surface area contributed by atoms with Gasteiger partial charge in [-0.3, -0.25) is 19.7 Å². The number of ether oxygens (including phenoxy) is 1. The van der Waals surface area contributed by atoms with Crippen LogP contribution in [0.3, 0.4) is 0 Å². The molecule has 1 aliphatic rings. The fourth-order valence-electron chi connectivity index (χ4n) is 3.30. The van der Waals surface area contributed by atoms with E-state index in [1.165, 1.54) is 0 Å². The Bertz CT molecular complexity index is 633. The highest BCUT2D eigenvalue weighted by Gasteiger charge is 2.57. The van der Waals surface area contributed by atoms with Crippen molar-refractivity contribution >= 4 is 23.4 Å². The van der Waals surface area contributed by atoms with Gasteiger partial charge in [0.25, 0.3) is 0 Å². The summed E-state index contributed by atoms with van der Waals surface area (Å²) in [6.07, 6.45) is 0.974. The Morgan fingerprint density at radius 3 is 2.70 bits per heavy atom. The van der Waals surface area contributed by atoms with Crippen LogP contribution in [0.5, 0.6) is 0 Å². The highest BCUT2D eigenvalue weighted by atomic mass is 35.5. The van der Waals surface area contributed by atoms with Gasteiger partial charge >= 0.3 is 5.97 Å². The van der Waals surface area contributed by atoms with Crippen molar-refractivity contribution in [1.29, 1.82) is 0 Å². The first-order valence-electron chi connectivity index (χ1n) is 7.50. The van der Waals surface area contributed by atoms with E-state index in [9.17, 15) is 19.7 Å². The summed E-state index contributed by atoms with van der Waals surface area (Å²) < 4.78 is 5.10. The van der Waals surface area contributed by atoms with Crippen molar-refractivity contribution in [2.24, 2.45) is 5.41 Å². The number of Topliss-reactive ketones (excluding diaryl/α,β-unsaturated/α-hetero) is 1. The highest BCUT2D eigenvalue weighted by Crippen LogP contribution is 2.49. The summed E-state index contributed by atoms with van der Waals surface area (Å²) in [4.78, 5) is 35.8. The van der Waals surface area contributed by atoms with E-state index in [0.29, 0.717) is 17.0 Å². The van der Waals surface area contributed by atoms with Crippen molar-refractivity contribution < 1.29 is 19.2 Å². The number of nitrogens with zero attached hydrogens (tertiary/aromatic N) is 1. The number of carbonyl (C=O) groups excluding carboxylic acids is 2. The monoisotopic (exact) mass is 339 g/mol. The SMILES string of the molecule is CCOC(=O)C1([C@@H](C[N+](=O)[O-])c2ccccc2Cl)CCCC1=O. The van der Waals surface area contributed by atoms with E-state index in [0.717, 1.165) is 0 Å². The quantitative estimate of drug-likeness (QED) is 0.344. The van der Waals surface area contributed by atoms with Crippen LogP contribution < -0.4 is 0 Å². The third-order valence-corrected chi connectivity index (χ3v) is 4.66. The smallest absolute Gasteiger partial charge is 0.320 e. The summed E-state index contributed by atoms with van der Waals surface area (Å²) >= 11 is 6.19. The summed E-state index contributed by atoms with van der Waals surface area (Å²) in [6, 6.07) is 6.61. The Morgan fingerprint density at radius 1 is 1.48 bits per heavy atom. The maximum absolute atomic E-state index is 12.6. The zero-order chi connectivity index (χ0) is 17.0. The Kier molecular flexibility index (Phi) is 5.36. The average molecular weight is 340 g/mol. The van der Waals surface area contributed by atoms with Gasteiger partial charge in [0.1, 0.15) is 5.41 Å². The normalized spacial score (nSPS) is 21.9. The molecule has 1 saturated carbocycles. The average Bonchev–Trinajstić information content (AvgIpc) is 2.88. The van der Waals surface area contributed by atoms with Crippen molar-refractivity contribution in [2.45, 2.75) is 32.1 Å². The molecule has 2 rings (SSSR count). The molecule has 0 aromatic heterocycles. The predicted octanol–water partition coefficient (Wildman–Crippen LogP) is 3.00. The van der Waals surface area contributed by atoms with Crippen LogP contribution in [0.25, 0.3) is 0 Å². The van der Waals surface area contributed by atoms with Gasteiger partial charge in [-0.1, -0.05) is 29.8 Å². The lowest BCUT2D eigenvalue weighted by Gasteiger charge is -2.32. The summed E-state index contributed by atoms with van der Waals surface area (Å²) in [6.45, 7) is 1.21. The maximum atomic E-state index is 12.6. The maximum Gasteiger partial charge on any atom is 0.320 e. The van der Waals surface area contributed by atoms with Crippen LogP contribution in [0.2, 0.25) is 5.02 Å². The first kappa shape index (κ1) is 17.4. The largest absolute Gasteiger partial charge is 0.465 e. The summed E-state index contributed by atoms with van der Waals surface area (Å²) in [5, 5.41) is 11.5. The molecule has 0 saturated heterocycles. The highest BCUT2D eigenvalue weighted by molar-refractivity contribution is 6.31. The molecule has 0 bridgehead atoms. The molecule has 0 N–H and O–H groups in total. The van der Waals surface area contributed by atoms with Gasteiger partial charge in [-0.25, -0.2) is 0 Å². The molecule has 1 aliphatic carbocycles. The number of carbonyl (C=O) groups is 2. The Morgan fingerprint density at radius 2 is 2.17 bits per heavy atom. The first-order valence-corrected chi connectivity index (χ1v) is 7.88. The Labute approximate surface area is 138 Å². The third-order valence-electron chi connectivity index (χ3n) is 4.32. The topological polar surface area (TPSA) is 86.5 Å². The summed E-state index contributed by atoms with van der Waals surface area (Å²) in [5.41, 5.74) is -1.08. The van der Waals surface area contributed by atoms with E-state index in [1.54, 1.807) is 31.2 Å². The number of hydrogen-bond acceptors (Lipinski definition) is 5. The molecule has 0 aliphatic heterocycles. The van der Waals surface area contributed by atoms with E-state index >= 15 is 0 Å². The predicted molar refractivity (Wildman–Crippen MR) is 84.0 cm³/mol. The van der Waals surface area contributed by atoms with Crippen molar-refractivity contribution in [1.82, 2.24) is 0 Å². The Hall–Kier alpha value is -1.95. The number of nitro groups is 1. The molecule has 0 spiro atoms. The van der Waals surface area contributed by atoms with Crippen molar-refractivity contribution in [2.75, 3.05) is 13.2 Å². The van der Waals surface area contributed by atoms with Crippen molar-refractivity contribution in [3.8, 4) is 0 Å². The molecular formula is C16H18ClNO5. The van der Waals surface area contributed by atoms with Gasteiger partial charge in [-0.15, -0.1) is 0 Å². The summed E-state index contributed by atoms with van der Waals surface area (Å²) in [7, 11) is 0. The first-order chi connectivity index (χ1) is 10.9. The number of rotatable bonds is 6. The number of esters is 1. The van der Waals surface area contributed by atoms with Gasteiger partial charge in [-0.05, 0) is 31.4 Å². The van der Waals surface area contributed by atoms with E-state index in [4.69, 9.17) is 16.3 Å². The molecule has 1 unspecified atom stereocenters. The van der Waals surface area contributed by atoms with Gasteiger partial charge in [-0.2, -0.15) is 0 Å². The van der Waals surface area contributed by atoms with Crippen molar-refractivity contribution in [3.05, 3.63) is 45.0 Å². The van der Waals surface area contributed by atoms with E-state index < -0.39 is 28.8 Å². The summed E-state index contributed by atoms with van der Waals surface area (Å²) in [5.74, 6) is -1.92. The number of hydrogen-bond donors (Lipinski definition) is 0. The molecule has 2 atom stereocenters. The van der Waals surface area contributed by atoms with Crippen molar-refractivity contribution in [3.63, 3.8) is 0 Å². The fourth-order valence-corrected chi connectivity index (χ4v) is 3.57. The van der Waals surface area contributed by atoms with Crippen LogP contribution in [0.4, 0.5) is 0 Å². The lowest BCUT2D eigenvalue weighted by atomic mass is 9.69. The van der Waals surface area contributed by atoms with Gasteiger partial charge in [0.2, 0.25) is 6.54 Å². The minimum Gasteiger partial charge on any atom is -0.465 e. The second-order valence-electron chi connectivity index (χ2n) is 5.56. The Balaban J connectivity index is 2.58. The minimum atomic E-state index is -1.52. The lowest BCUT2D eigenvalue weighted by molar-refractivity contribution is -0.485. The second kappa shape index (κ2) is 7.08. The van der Waals surface area contributed by atoms with Gasteiger partial charge in [0, 0.05) is 16.4 Å². The van der Waals surface area contributed by atoms with Crippen LogP contribution in [-0.2, 0) is 14.3 Å². The van der Waals surface area contributed by atoms with Gasteiger partial charge in [0.05, 0.1) is 12.5 Å². The zero-order valence-corrected chi connectivity index (χ0v) is 13.5. The van der Waals surface area contributed by atoms with E-state index in [-0.39, 0.29) is 25.2 Å². The van der Waals surface area contributed by atoms with E-state index in [2.05, 4.69) is 0 Å². The van der Waals surface area contributed by atoms with Gasteiger partial charge < -0.3 is 4.74 Å². The molecule has 6 nitrogen and oxygen atoms in total. The van der Waals surface area contributed by atoms with Crippen LogP contribution in [0, 0.1) is 15.5 Å². The van der Waals surface area contributed by atoms with E-state index in [1.807, 2.05) is 0 Å². The molecule has 1 aromatic carbocycles. The van der Waals surface area contributed by atoms with Crippen LogP contribution in [0.1, 0.15) is 37.7 Å². The molecule has 23 heavy (non-hydrogen) atoms. The second-order valence-corrected chi connectivity index (χ2v) is 5.97. The molecule has 1 aromatic rings. The molecule has 0 radical (unpaired) electrons. The number of ketones is 1. The molecule has 1 fully saturated rings. The number of benzene rings is 1. The van der Waals surface area contributed by atoms with Crippen LogP contribution in [0.15, 0.2) is 24.3 Å². The molecule has 0 amide bonds. The molecule has 124 valence electrons. The third kappa shape index (κ3) is 3.22. The molecule has 0 heterocycles. The number of halogens is 1. The molecular weight excluding hydrogens is 322 g/mol. The van der Waals surface area contributed by atoms with Crippen LogP contribution >= 0.6 is 11.6 Å². The fraction of sp³-hybridized carbons (Fsp3) is 0.500. The zero-order valence-electron chi connectivity index (χ0n) is 12.8. The lowest BCUT2D eigenvalue weighted by Crippen LogP contribution is -2.45. The minimum absolute atomic E-state index is 0.113. The standard InChI is InChI=1S/C16H18ClNO5/c1-2-23-15(20)16(9-5-8-14(16)19)12(10-18(21)22)11-6-3-4-7-13(11)17/h3-4,6-7,12H,2,5,8-10H2,1H3/t12-,16?/m0/s1. The molecule has 7 heteroatoms.